The molecule has 0 bridgehead atoms. The Hall–Kier alpha value is -2.18. The number of nitrogens with two attached hydrogens (primary N) is 1. The standard InChI is InChI=1S/C22H24ClF3N2O2S.C12H17ClN2.ClH/c1-28-9-5-8-21(13-28,14-6-4-7-16(23)10-14)27-20(29)19-17(30-2)11-15(22(24,25)26)12-18(19)31-3;1-15-7-3-6-12(14,9-15)10-4-2-5-11(13)8-10;/h4,6-7,10-12H,5,8-9,13H2,1-3H3,(H,27,29);2,4-5,8H,3,6-7,9,14H2,1H3;1H. The number of likely N-dealkylation sites (N-methyl/N-ethyl adjacent to an activating group) is 2. The van der Waals surface area contributed by atoms with E-state index in [1.165, 1.54) is 7.11 Å². The lowest BCUT2D eigenvalue weighted by Gasteiger charge is -2.43. The Kier molecular flexibility index (Phi) is 13.8. The maximum atomic E-state index is 13.5. The van der Waals surface area contributed by atoms with Crippen LogP contribution in [0.15, 0.2) is 65.6 Å². The van der Waals surface area contributed by atoms with E-state index in [-0.39, 0.29) is 34.2 Å². The van der Waals surface area contributed by atoms with Gasteiger partial charge in [0.05, 0.1) is 29.3 Å². The van der Waals surface area contributed by atoms with Crippen LogP contribution in [0.1, 0.15) is 52.7 Å². The van der Waals surface area contributed by atoms with E-state index in [0.717, 1.165) is 78.9 Å². The Morgan fingerprint density at radius 1 is 0.936 bits per heavy atom. The molecule has 0 aliphatic carbocycles. The number of rotatable bonds is 6. The van der Waals surface area contributed by atoms with Crippen LogP contribution in [-0.2, 0) is 17.3 Å². The first-order valence-electron chi connectivity index (χ1n) is 15.0. The Morgan fingerprint density at radius 2 is 1.51 bits per heavy atom. The van der Waals surface area contributed by atoms with Gasteiger partial charge in [0.25, 0.3) is 5.91 Å². The first-order valence-corrected chi connectivity index (χ1v) is 17.0. The molecule has 2 unspecified atom stereocenters. The zero-order valence-electron chi connectivity index (χ0n) is 26.9. The molecule has 13 heteroatoms. The van der Waals surface area contributed by atoms with E-state index in [2.05, 4.69) is 28.2 Å². The number of carbonyl (C=O) groups excluding carboxylic acids is 1. The van der Waals surface area contributed by atoms with E-state index in [1.54, 1.807) is 12.3 Å². The minimum absolute atomic E-state index is 0. The zero-order chi connectivity index (χ0) is 33.7. The van der Waals surface area contributed by atoms with Crippen LogP contribution in [-0.4, -0.2) is 69.3 Å². The van der Waals surface area contributed by atoms with Crippen molar-refractivity contribution in [3.8, 4) is 5.75 Å². The van der Waals surface area contributed by atoms with E-state index in [9.17, 15) is 18.0 Å². The van der Waals surface area contributed by atoms with E-state index in [0.29, 0.717) is 18.0 Å². The van der Waals surface area contributed by atoms with Crippen LogP contribution in [0.25, 0.3) is 0 Å². The highest BCUT2D eigenvalue weighted by atomic mass is 35.5. The Bertz CT molecular complexity index is 1510. The number of thioether (sulfide) groups is 1. The number of nitrogens with one attached hydrogen (secondary N) is 1. The maximum Gasteiger partial charge on any atom is 0.416 e. The highest BCUT2D eigenvalue weighted by Gasteiger charge is 2.40. The molecule has 2 fully saturated rings. The average Bonchev–Trinajstić information content (AvgIpc) is 3.00. The Morgan fingerprint density at radius 3 is 2.04 bits per heavy atom. The SMILES string of the molecule is CN1CCCC(N)(c2cccc(Cl)c2)C1.COc1cc(C(F)(F)F)cc(SC)c1C(=O)NC1(c2cccc(Cl)c2)CCCN(C)C1.Cl. The zero-order valence-corrected chi connectivity index (χ0v) is 30.1. The van der Waals surface area contributed by atoms with E-state index >= 15 is 0 Å². The summed E-state index contributed by atoms with van der Waals surface area (Å²) in [5.74, 6) is -0.590. The summed E-state index contributed by atoms with van der Waals surface area (Å²) in [7, 11) is 5.35. The number of likely N-dealkylation sites (tertiary alicyclic amines) is 2. The highest BCUT2D eigenvalue weighted by Crippen LogP contribution is 2.40. The third-order valence-electron chi connectivity index (χ3n) is 8.59. The molecule has 3 N–H and O–H groups in total. The molecule has 6 nitrogen and oxygen atoms in total. The summed E-state index contributed by atoms with van der Waals surface area (Å²) in [6.45, 7) is 3.49. The fourth-order valence-corrected chi connectivity index (χ4v) is 7.41. The molecule has 2 heterocycles. The van der Waals surface area contributed by atoms with Gasteiger partial charge in [0.1, 0.15) is 5.75 Å². The molecule has 47 heavy (non-hydrogen) atoms. The number of nitrogens with zero attached hydrogens (tertiary/aromatic N) is 2. The summed E-state index contributed by atoms with van der Waals surface area (Å²) in [6.07, 6.45) is 0.814. The fraction of sp³-hybridized carbons (Fsp3) is 0.441. The average molecular weight is 734 g/mol. The van der Waals surface area contributed by atoms with Crippen molar-refractivity contribution in [3.63, 3.8) is 0 Å². The summed E-state index contributed by atoms with van der Waals surface area (Å²) in [4.78, 5) is 18.1. The lowest BCUT2D eigenvalue weighted by Crippen LogP contribution is -2.55. The van der Waals surface area contributed by atoms with Crippen molar-refractivity contribution in [2.45, 2.75) is 47.8 Å². The molecule has 0 spiro atoms. The second-order valence-electron chi connectivity index (χ2n) is 12.1. The van der Waals surface area contributed by atoms with Gasteiger partial charge in [-0.3, -0.25) is 4.79 Å². The lowest BCUT2D eigenvalue weighted by atomic mass is 9.82. The van der Waals surface area contributed by atoms with Gasteiger partial charge >= 0.3 is 6.18 Å². The maximum absolute atomic E-state index is 13.5. The van der Waals surface area contributed by atoms with Crippen LogP contribution in [0.5, 0.6) is 5.75 Å². The summed E-state index contributed by atoms with van der Waals surface area (Å²) in [5.41, 5.74) is 6.74. The van der Waals surface area contributed by atoms with Crippen molar-refractivity contribution < 1.29 is 22.7 Å². The van der Waals surface area contributed by atoms with E-state index in [4.69, 9.17) is 33.7 Å². The largest absolute Gasteiger partial charge is 0.496 e. The van der Waals surface area contributed by atoms with Crippen LogP contribution in [0.2, 0.25) is 10.0 Å². The first kappa shape index (κ1) is 39.3. The highest BCUT2D eigenvalue weighted by molar-refractivity contribution is 7.98. The molecule has 3 aromatic rings. The van der Waals surface area contributed by atoms with Crippen molar-refractivity contribution in [1.29, 1.82) is 0 Å². The number of hydrogen-bond donors (Lipinski definition) is 2. The van der Waals surface area contributed by atoms with Crippen LogP contribution in [0.3, 0.4) is 0 Å². The number of methoxy groups -OCH3 is 1. The Balaban J connectivity index is 0.000000314. The van der Waals surface area contributed by atoms with Crippen molar-refractivity contribution in [1.82, 2.24) is 15.1 Å². The summed E-state index contributed by atoms with van der Waals surface area (Å²) < 4.78 is 45.1. The molecule has 258 valence electrons. The van der Waals surface area contributed by atoms with Crippen molar-refractivity contribution in [2.24, 2.45) is 5.73 Å². The van der Waals surface area contributed by atoms with Crippen molar-refractivity contribution in [2.75, 3.05) is 53.6 Å². The molecular weight excluding hydrogens is 692 g/mol. The molecule has 0 saturated carbocycles. The second kappa shape index (κ2) is 16.5. The lowest BCUT2D eigenvalue weighted by molar-refractivity contribution is -0.137. The van der Waals surface area contributed by atoms with Gasteiger partial charge < -0.3 is 25.6 Å². The summed E-state index contributed by atoms with van der Waals surface area (Å²) in [5, 5.41) is 4.44. The number of piperidine rings is 2. The first-order chi connectivity index (χ1) is 21.7. The monoisotopic (exact) mass is 732 g/mol. The molecule has 3 aromatic carbocycles. The number of amides is 1. The molecule has 2 saturated heterocycles. The van der Waals surface area contributed by atoms with Crippen molar-refractivity contribution >= 4 is 53.3 Å². The molecule has 2 aliphatic rings. The fourth-order valence-electron chi connectivity index (χ4n) is 6.38. The number of alkyl halides is 3. The number of halogens is 6. The number of carbonyl (C=O) groups is 1. The third kappa shape index (κ3) is 9.71. The van der Waals surface area contributed by atoms with Gasteiger partial charge in [0.2, 0.25) is 0 Å². The summed E-state index contributed by atoms with van der Waals surface area (Å²) in [6, 6.07) is 17.1. The van der Waals surface area contributed by atoms with Gasteiger partial charge in [0, 0.05) is 28.0 Å². The third-order valence-corrected chi connectivity index (χ3v) is 9.82. The molecule has 2 atom stereocenters. The minimum Gasteiger partial charge on any atom is -0.496 e. The topological polar surface area (TPSA) is 70.8 Å². The normalized spacial score (nSPS) is 22.0. The van der Waals surface area contributed by atoms with Gasteiger partial charge in [-0.25, -0.2) is 0 Å². The van der Waals surface area contributed by atoms with Gasteiger partial charge in [-0.1, -0.05) is 47.5 Å². The predicted molar refractivity (Wildman–Crippen MR) is 188 cm³/mol. The van der Waals surface area contributed by atoms with Crippen LogP contribution < -0.4 is 15.8 Å². The predicted octanol–water partition coefficient (Wildman–Crippen LogP) is 8.08. The van der Waals surface area contributed by atoms with Gasteiger partial charge in [-0.05, 0) is 107 Å². The molecular formula is C34H42Cl3F3N4O2S. The molecule has 5 rings (SSSR count). The molecule has 2 aliphatic heterocycles. The number of hydrogen-bond acceptors (Lipinski definition) is 6. The van der Waals surface area contributed by atoms with Gasteiger partial charge in [-0.15, -0.1) is 24.2 Å². The number of benzene rings is 3. The van der Waals surface area contributed by atoms with E-state index < -0.39 is 23.2 Å². The van der Waals surface area contributed by atoms with E-state index in [1.807, 2.05) is 43.4 Å². The van der Waals surface area contributed by atoms with Gasteiger partial charge in [0.15, 0.2) is 0 Å². The molecule has 0 aromatic heterocycles. The second-order valence-corrected chi connectivity index (χ2v) is 13.9. The smallest absolute Gasteiger partial charge is 0.416 e. The molecule has 1 amide bonds. The van der Waals surface area contributed by atoms with Gasteiger partial charge in [-0.2, -0.15) is 13.2 Å². The van der Waals surface area contributed by atoms with Crippen LogP contribution >= 0.6 is 47.4 Å². The van der Waals surface area contributed by atoms with Crippen LogP contribution in [0, 0.1) is 0 Å². The minimum atomic E-state index is -4.54. The number of ether oxygens (including phenoxy) is 1. The molecule has 0 radical (unpaired) electrons. The van der Waals surface area contributed by atoms with Crippen LogP contribution in [0.4, 0.5) is 13.2 Å². The van der Waals surface area contributed by atoms with Crippen molar-refractivity contribution in [3.05, 3.63) is 93.0 Å². The quantitative estimate of drug-likeness (QED) is 0.250. The summed E-state index contributed by atoms with van der Waals surface area (Å²) >= 11 is 13.3. The Labute approximate surface area is 295 Å².